The first kappa shape index (κ1) is 12.9. The number of rotatable bonds is 0. The van der Waals surface area contributed by atoms with Crippen LogP contribution in [0.4, 0.5) is 0 Å². The molecule has 0 aromatic carbocycles. The lowest BCUT2D eigenvalue weighted by Crippen LogP contribution is -2.68. The van der Waals surface area contributed by atoms with Crippen molar-refractivity contribution < 1.29 is 10.2 Å². The normalized spacial score (nSPS) is 75.6. The van der Waals surface area contributed by atoms with E-state index in [4.69, 9.17) is 0 Å². The standard InChI is InChI=1S/C20H27NO2/c1-9-10-6-11-16-19-5-3-4-18(2)8-21(16)12(14(18)19)7-20(11,17(9)23)15(19)13(10)22/h10-17,22-23H,1,3-8H2,2H3. The van der Waals surface area contributed by atoms with E-state index in [1.54, 1.807) is 0 Å². The van der Waals surface area contributed by atoms with Gasteiger partial charge < -0.3 is 10.2 Å². The Morgan fingerprint density at radius 3 is 2.83 bits per heavy atom. The highest BCUT2D eigenvalue weighted by atomic mass is 16.3. The van der Waals surface area contributed by atoms with Gasteiger partial charge in [-0.3, -0.25) is 4.90 Å². The summed E-state index contributed by atoms with van der Waals surface area (Å²) in [4.78, 5) is 2.88. The van der Waals surface area contributed by atoms with Gasteiger partial charge in [0, 0.05) is 35.9 Å². The number of hydrogen-bond donors (Lipinski definition) is 2. The number of nitrogens with zero attached hydrogens (tertiary/aromatic N) is 1. The number of aliphatic hydroxyl groups excluding tert-OH is 2. The quantitative estimate of drug-likeness (QED) is 0.670. The van der Waals surface area contributed by atoms with Gasteiger partial charge in [0.05, 0.1) is 12.2 Å². The van der Waals surface area contributed by atoms with Gasteiger partial charge in [0.25, 0.3) is 0 Å². The van der Waals surface area contributed by atoms with Crippen LogP contribution in [0, 0.1) is 39.9 Å². The van der Waals surface area contributed by atoms with Crippen LogP contribution in [0.1, 0.15) is 39.0 Å². The molecule has 3 aliphatic heterocycles. The summed E-state index contributed by atoms with van der Waals surface area (Å²) >= 11 is 0. The van der Waals surface area contributed by atoms with Gasteiger partial charge in [-0.1, -0.05) is 19.9 Å². The van der Waals surface area contributed by atoms with Crippen LogP contribution in [0.3, 0.4) is 0 Å². The van der Waals surface area contributed by atoms with Crippen LogP contribution in [-0.4, -0.2) is 45.9 Å². The van der Waals surface area contributed by atoms with Crippen LogP contribution in [0.25, 0.3) is 0 Å². The summed E-state index contributed by atoms with van der Waals surface area (Å²) in [5, 5.41) is 22.6. The van der Waals surface area contributed by atoms with Gasteiger partial charge in [-0.25, -0.2) is 0 Å². The van der Waals surface area contributed by atoms with Gasteiger partial charge in [0.2, 0.25) is 0 Å². The molecule has 3 nitrogen and oxygen atoms in total. The molecular weight excluding hydrogens is 286 g/mol. The van der Waals surface area contributed by atoms with Crippen LogP contribution >= 0.6 is 0 Å². The first-order valence-electron chi connectivity index (χ1n) is 9.77. The number of fused-ring (bicyclic) bond motifs is 1. The molecule has 6 saturated carbocycles. The highest BCUT2D eigenvalue weighted by Crippen LogP contribution is 2.86. The summed E-state index contributed by atoms with van der Waals surface area (Å²) in [5.74, 6) is 1.90. The molecule has 124 valence electrons. The van der Waals surface area contributed by atoms with Gasteiger partial charge >= 0.3 is 0 Å². The molecule has 23 heavy (non-hydrogen) atoms. The van der Waals surface area contributed by atoms with Crippen molar-refractivity contribution in [2.75, 3.05) is 6.54 Å². The van der Waals surface area contributed by atoms with Gasteiger partial charge in [0.1, 0.15) is 0 Å². The van der Waals surface area contributed by atoms with Gasteiger partial charge in [0.15, 0.2) is 0 Å². The molecule has 2 N–H and O–H groups in total. The van der Waals surface area contributed by atoms with Gasteiger partial charge in [-0.2, -0.15) is 0 Å². The summed E-state index contributed by atoms with van der Waals surface area (Å²) in [6, 6.07) is 1.34. The zero-order valence-electron chi connectivity index (χ0n) is 13.9. The molecule has 3 saturated heterocycles. The molecular formula is C20H27NO2. The Bertz CT molecular complexity index is 677. The summed E-state index contributed by atoms with van der Waals surface area (Å²) in [5.41, 5.74) is 1.72. The molecule has 2 spiro atoms. The van der Waals surface area contributed by atoms with Crippen molar-refractivity contribution in [2.24, 2.45) is 39.9 Å². The van der Waals surface area contributed by atoms with Crippen LogP contribution in [-0.2, 0) is 0 Å². The Labute approximate surface area is 137 Å². The molecule has 12 unspecified atom stereocenters. The van der Waals surface area contributed by atoms with E-state index >= 15 is 0 Å². The first-order valence-corrected chi connectivity index (χ1v) is 9.77. The molecule has 0 aromatic heterocycles. The fourth-order valence-corrected chi connectivity index (χ4v) is 10.5. The molecule has 9 aliphatic rings. The number of aliphatic hydroxyl groups is 2. The molecule has 3 heteroatoms. The molecule has 6 aliphatic carbocycles. The van der Waals surface area contributed by atoms with E-state index in [-0.39, 0.29) is 23.5 Å². The van der Waals surface area contributed by atoms with Crippen molar-refractivity contribution in [1.29, 1.82) is 0 Å². The third-order valence-electron chi connectivity index (χ3n) is 10.3. The lowest BCUT2D eigenvalue weighted by molar-refractivity contribution is -0.213. The van der Waals surface area contributed by atoms with E-state index in [1.165, 1.54) is 25.8 Å². The zero-order chi connectivity index (χ0) is 15.5. The SMILES string of the molecule is C=C1C2CC3C4N5CC6(C)CCCC47C6C5CC3(C1O)C7C2O. The highest BCUT2D eigenvalue weighted by molar-refractivity contribution is 5.43. The zero-order valence-corrected chi connectivity index (χ0v) is 13.9. The minimum Gasteiger partial charge on any atom is -0.392 e. The third-order valence-corrected chi connectivity index (χ3v) is 10.3. The molecule has 12 atom stereocenters. The van der Waals surface area contributed by atoms with Crippen LogP contribution < -0.4 is 0 Å². The van der Waals surface area contributed by atoms with Crippen molar-refractivity contribution >= 4 is 0 Å². The third kappa shape index (κ3) is 0.910. The summed E-state index contributed by atoms with van der Waals surface area (Å²) in [6.45, 7) is 8.04. The molecule has 9 fully saturated rings. The lowest BCUT2D eigenvalue weighted by Gasteiger charge is -2.66. The van der Waals surface area contributed by atoms with Crippen molar-refractivity contribution in [3.63, 3.8) is 0 Å². The Kier molecular flexibility index (Phi) is 1.79. The van der Waals surface area contributed by atoms with Crippen LogP contribution in [0.15, 0.2) is 12.2 Å². The van der Waals surface area contributed by atoms with Crippen molar-refractivity contribution in [3.8, 4) is 0 Å². The van der Waals surface area contributed by atoms with E-state index in [9.17, 15) is 10.2 Å². The van der Waals surface area contributed by atoms with E-state index < -0.39 is 0 Å². The second-order valence-corrected chi connectivity index (χ2v) is 10.5. The van der Waals surface area contributed by atoms with E-state index in [2.05, 4.69) is 18.4 Å². The van der Waals surface area contributed by atoms with Crippen molar-refractivity contribution in [3.05, 3.63) is 12.2 Å². The molecule has 0 amide bonds. The molecule has 9 bridgehead atoms. The summed E-state index contributed by atoms with van der Waals surface area (Å²) in [7, 11) is 0. The average Bonchev–Trinajstić information content (AvgIpc) is 2.93. The fraction of sp³-hybridized carbons (Fsp3) is 0.900. The highest BCUT2D eigenvalue weighted by Gasteiger charge is 2.89. The predicted octanol–water partition coefficient (Wildman–Crippen LogP) is 1.79. The topological polar surface area (TPSA) is 43.7 Å². The Balaban J connectivity index is 1.55. The first-order chi connectivity index (χ1) is 11.0. The van der Waals surface area contributed by atoms with E-state index in [1.807, 2.05) is 0 Å². The van der Waals surface area contributed by atoms with Crippen LogP contribution in [0.2, 0.25) is 0 Å². The molecule has 0 radical (unpaired) electrons. The maximum Gasteiger partial charge on any atom is 0.0815 e. The van der Waals surface area contributed by atoms with Gasteiger partial charge in [-0.15, -0.1) is 0 Å². The largest absolute Gasteiger partial charge is 0.392 e. The maximum absolute atomic E-state index is 11.3. The molecule has 9 rings (SSSR count). The maximum atomic E-state index is 11.3. The fourth-order valence-electron chi connectivity index (χ4n) is 10.5. The second-order valence-electron chi connectivity index (χ2n) is 10.5. The monoisotopic (exact) mass is 313 g/mol. The number of piperidine rings is 2. The molecule has 0 aromatic rings. The van der Waals surface area contributed by atoms with Crippen molar-refractivity contribution in [2.45, 2.75) is 63.3 Å². The minimum atomic E-state index is -0.349. The Hall–Kier alpha value is -0.380. The summed E-state index contributed by atoms with van der Waals surface area (Å²) < 4.78 is 0. The van der Waals surface area contributed by atoms with E-state index in [0.29, 0.717) is 34.7 Å². The van der Waals surface area contributed by atoms with Crippen molar-refractivity contribution in [1.82, 2.24) is 4.90 Å². The summed E-state index contributed by atoms with van der Waals surface area (Å²) in [6.07, 6.45) is 5.64. The average molecular weight is 313 g/mol. The minimum absolute atomic E-state index is 0.0316. The lowest BCUT2D eigenvalue weighted by atomic mass is 9.39. The van der Waals surface area contributed by atoms with E-state index in [0.717, 1.165) is 24.3 Å². The Morgan fingerprint density at radius 1 is 1.17 bits per heavy atom. The Morgan fingerprint density at radius 2 is 2.00 bits per heavy atom. The second kappa shape index (κ2) is 3.20. The van der Waals surface area contributed by atoms with Gasteiger partial charge in [-0.05, 0) is 53.9 Å². The number of hydrogen-bond acceptors (Lipinski definition) is 3. The van der Waals surface area contributed by atoms with Crippen LogP contribution in [0.5, 0.6) is 0 Å². The smallest absolute Gasteiger partial charge is 0.0815 e. The molecule has 3 heterocycles. The predicted molar refractivity (Wildman–Crippen MR) is 85.5 cm³/mol.